The van der Waals surface area contributed by atoms with Crippen molar-refractivity contribution in [2.75, 3.05) is 6.61 Å². The molecule has 0 saturated heterocycles. The SMILES string of the molecule is CCO[P+](=O)C(F)C[C@@H](O)[C@@H](O)[C@@H](O)C=NOCc1ccccc1. The molecule has 0 radical (unpaired) electrons. The highest BCUT2D eigenvalue weighted by Gasteiger charge is 2.37. The van der Waals surface area contributed by atoms with Gasteiger partial charge in [-0.15, -0.1) is 4.52 Å². The molecule has 3 N–H and O–H groups in total. The van der Waals surface area contributed by atoms with Gasteiger partial charge >= 0.3 is 13.9 Å². The van der Waals surface area contributed by atoms with E-state index in [2.05, 4.69) is 9.68 Å². The predicted molar refractivity (Wildman–Crippen MR) is 86.5 cm³/mol. The number of halogens is 1. The molecule has 1 rings (SSSR count). The molecule has 0 saturated carbocycles. The Labute approximate surface area is 140 Å². The topological polar surface area (TPSA) is 109 Å². The maximum atomic E-state index is 13.5. The molecule has 0 aliphatic carbocycles. The Bertz CT molecular complexity index is 518. The minimum atomic E-state index is -2.59. The monoisotopic (exact) mass is 362 g/mol. The summed E-state index contributed by atoms with van der Waals surface area (Å²) >= 11 is 0. The van der Waals surface area contributed by atoms with Gasteiger partial charge < -0.3 is 20.2 Å². The number of rotatable bonds is 11. The summed E-state index contributed by atoms with van der Waals surface area (Å²) in [4.78, 5) is 4.95. The van der Waals surface area contributed by atoms with Gasteiger partial charge in [0.25, 0.3) is 0 Å². The van der Waals surface area contributed by atoms with Crippen molar-refractivity contribution in [3.8, 4) is 0 Å². The molecule has 0 amide bonds. The van der Waals surface area contributed by atoms with Crippen LogP contribution in [-0.2, 0) is 20.5 Å². The highest BCUT2D eigenvalue weighted by Crippen LogP contribution is 2.33. The molecule has 1 aromatic rings. The summed E-state index contributed by atoms with van der Waals surface area (Å²) in [6, 6.07) is 9.17. The van der Waals surface area contributed by atoms with E-state index in [0.29, 0.717) is 0 Å². The van der Waals surface area contributed by atoms with E-state index < -0.39 is 38.7 Å². The summed E-state index contributed by atoms with van der Waals surface area (Å²) < 4.78 is 29.4. The number of nitrogens with zero attached hydrogens (tertiary/aromatic N) is 1. The lowest BCUT2D eigenvalue weighted by molar-refractivity contribution is -0.0413. The summed E-state index contributed by atoms with van der Waals surface area (Å²) in [6.45, 7) is 1.80. The van der Waals surface area contributed by atoms with E-state index >= 15 is 0 Å². The molecule has 134 valence electrons. The number of benzene rings is 1. The summed E-state index contributed by atoms with van der Waals surface area (Å²) in [5, 5.41) is 32.6. The van der Waals surface area contributed by atoms with Crippen LogP contribution in [0.2, 0.25) is 0 Å². The van der Waals surface area contributed by atoms with Gasteiger partial charge in [0, 0.05) is 0 Å². The van der Waals surface area contributed by atoms with Gasteiger partial charge in [-0.2, -0.15) is 4.39 Å². The molecule has 7 nitrogen and oxygen atoms in total. The average Bonchev–Trinajstić information content (AvgIpc) is 2.58. The van der Waals surface area contributed by atoms with E-state index in [1.807, 2.05) is 30.3 Å². The molecular weight excluding hydrogens is 340 g/mol. The van der Waals surface area contributed by atoms with E-state index in [4.69, 9.17) is 4.84 Å². The van der Waals surface area contributed by atoms with Gasteiger partial charge in [0.05, 0.1) is 25.3 Å². The van der Waals surface area contributed by atoms with Crippen molar-refractivity contribution in [3.05, 3.63) is 35.9 Å². The zero-order chi connectivity index (χ0) is 17.9. The largest absolute Gasteiger partial charge is 0.545 e. The number of aliphatic hydroxyl groups excluding tert-OH is 3. The molecule has 1 aromatic carbocycles. The van der Waals surface area contributed by atoms with Crippen LogP contribution < -0.4 is 0 Å². The van der Waals surface area contributed by atoms with Gasteiger partial charge in [-0.05, 0) is 17.1 Å². The predicted octanol–water partition coefficient (Wildman–Crippen LogP) is 1.74. The lowest BCUT2D eigenvalue weighted by Crippen LogP contribution is -2.39. The Kier molecular flexibility index (Phi) is 9.59. The number of oxime groups is 1. The molecule has 5 atom stereocenters. The maximum Gasteiger partial charge on any atom is 0.545 e. The van der Waals surface area contributed by atoms with Gasteiger partial charge in [-0.3, -0.25) is 0 Å². The van der Waals surface area contributed by atoms with Crippen molar-refractivity contribution < 1.29 is 33.6 Å². The van der Waals surface area contributed by atoms with Crippen molar-refractivity contribution >= 4 is 14.2 Å². The van der Waals surface area contributed by atoms with E-state index in [-0.39, 0.29) is 13.2 Å². The standard InChI is InChI=1S/C15H22FNO6P/c1-2-23-24(21)14(16)8-12(18)15(20)13(19)9-17-22-10-11-6-4-3-5-7-11/h3-7,9,12-15,18-20H,2,8,10H2,1H3/q+1/t12-,13+,14?,15-/m1/s1. The zero-order valence-corrected chi connectivity index (χ0v) is 14.1. The maximum absolute atomic E-state index is 13.5. The fraction of sp³-hybridized carbons (Fsp3) is 0.533. The molecule has 0 heterocycles. The molecule has 0 bridgehead atoms. The van der Waals surface area contributed by atoms with Gasteiger partial charge in [0.2, 0.25) is 0 Å². The Morgan fingerprint density at radius 1 is 1.29 bits per heavy atom. The molecule has 0 aliphatic heterocycles. The lowest BCUT2D eigenvalue weighted by atomic mass is 10.1. The van der Waals surface area contributed by atoms with Gasteiger partial charge in [-0.1, -0.05) is 35.5 Å². The van der Waals surface area contributed by atoms with Crippen LogP contribution in [0.4, 0.5) is 4.39 Å². The summed E-state index contributed by atoms with van der Waals surface area (Å²) in [5.74, 6) is -1.94. The van der Waals surface area contributed by atoms with Crippen molar-refractivity contribution in [2.45, 2.75) is 44.2 Å². The lowest BCUT2D eigenvalue weighted by Gasteiger charge is -2.19. The fourth-order valence-corrected chi connectivity index (χ4v) is 2.54. The second-order valence-corrected chi connectivity index (χ2v) is 6.32. The van der Waals surface area contributed by atoms with Gasteiger partial charge in [0.1, 0.15) is 18.8 Å². The van der Waals surface area contributed by atoms with Crippen LogP contribution in [0.25, 0.3) is 0 Å². The van der Waals surface area contributed by atoms with Crippen LogP contribution in [0.5, 0.6) is 0 Å². The molecule has 0 aromatic heterocycles. The number of aliphatic hydroxyl groups is 3. The Balaban J connectivity index is 2.38. The molecule has 0 aliphatic rings. The molecule has 24 heavy (non-hydrogen) atoms. The number of alkyl halides is 1. The quantitative estimate of drug-likeness (QED) is 0.314. The van der Waals surface area contributed by atoms with Crippen molar-refractivity contribution in [2.24, 2.45) is 5.16 Å². The van der Waals surface area contributed by atoms with E-state index in [0.717, 1.165) is 11.8 Å². The summed E-state index contributed by atoms with van der Waals surface area (Å²) in [7, 11) is -2.59. The third-order valence-corrected chi connectivity index (χ3v) is 4.21. The highest BCUT2D eigenvalue weighted by atomic mass is 31.1. The summed E-state index contributed by atoms with van der Waals surface area (Å²) in [6.07, 6.45) is -4.63. The minimum Gasteiger partial charge on any atom is -0.391 e. The highest BCUT2D eigenvalue weighted by molar-refractivity contribution is 7.39. The van der Waals surface area contributed by atoms with Crippen LogP contribution in [0, 0.1) is 0 Å². The number of hydrogen-bond acceptors (Lipinski definition) is 7. The minimum absolute atomic E-state index is 0.0717. The van der Waals surface area contributed by atoms with E-state index in [9.17, 15) is 24.3 Å². The molecule has 0 spiro atoms. The fourth-order valence-electron chi connectivity index (χ4n) is 1.74. The van der Waals surface area contributed by atoms with Crippen LogP contribution in [0.15, 0.2) is 35.5 Å². The van der Waals surface area contributed by atoms with E-state index in [1.54, 1.807) is 6.92 Å². The smallest absolute Gasteiger partial charge is 0.391 e. The summed E-state index contributed by atoms with van der Waals surface area (Å²) in [5.41, 5.74) is 0.865. The first kappa shape index (κ1) is 20.6. The molecule has 2 unspecified atom stereocenters. The molecular formula is C15H22FNO6P+. The average molecular weight is 362 g/mol. The van der Waals surface area contributed by atoms with Crippen molar-refractivity contribution in [1.29, 1.82) is 0 Å². The van der Waals surface area contributed by atoms with Gasteiger partial charge in [-0.25, -0.2) is 0 Å². The zero-order valence-electron chi connectivity index (χ0n) is 13.2. The third-order valence-electron chi connectivity index (χ3n) is 3.03. The van der Waals surface area contributed by atoms with Crippen molar-refractivity contribution in [1.82, 2.24) is 0 Å². The third kappa shape index (κ3) is 7.42. The Hall–Kier alpha value is -1.44. The van der Waals surface area contributed by atoms with Crippen LogP contribution >= 0.6 is 8.03 Å². The first-order chi connectivity index (χ1) is 11.5. The van der Waals surface area contributed by atoms with Crippen LogP contribution in [0.3, 0.4) is 0 Å². The molecule has 0 fully saturated rings. The Morgan fingerprint density at radius 3 is 2.58 bits per heavy atom. The first-order valence-electron chi connectivity index (χ1n) is 7.42. The Morgan fingerprint density at radius 2 is 1.96 bits per heavy atom. The van der Waals surface area contributed by atoms with Crippen LogP contribution in [-0.4, -0.2) is 52.4 Å². The normalized spacial score (nSPS) is 17.3. The van der Waals surface area contributed by atoms with E-state index in [1.165, 1.54) is 0 Å². The second kappa shape index (κ2) is 11.2. The first-order valence-corrected chi connectivity index (χ1v) is 8.67. The number of hydrogen-bond donors (Lipinski definition) is 3. The van der Waals surface area contributed by atoms with Gasteiger partial charge in [0.15, 0.2) is 0 Å². The molecule has 9 heteroatoms. The van der Waals surface area contributed by atoms with Crippen LogP contribution in [0.1, 0.15) is 18.9 Å². The van der Waals surface area contributed by atoms with Crippen molar-refractivity contribution in [3.63, 3.8) is 0 Å². The second-order valence-electron chi connectivity index (χ2n) is 4.94.